The fourth-order valence-corrected chi connectivity index (χ4v) is 2.20. The quantitative estimate of drug-likeness (QED) is 0.724. The summed E-state index contributed by atoms with van der Waals surface area (Å²) in [6.07, 6.45) is 2.45. The third kappa shape index (κ3) is 2.19. The standard InChI is InChI=1S/C12H15N3O2/c16-12-14-10-4-3-8(6-11(10)15-12)17-9-2-1-5-13-7-9/h3-4,6,9,13H,1-2,5,7H2,(H2,14,15,16). The lowest BCUT2D eigenvalue weighted by Crippen LogP contribution is -2.37. The molecule has 0 radical (unpaired) electrons. The SMILES string of the molecule is O=c1[nH]c2ccc(OC3CCCNC3)cc2[nH]1. The zero-order valence-electron chi connectivity index (χ0n) is 9.45. The maximum absolute atomic E-state index is 11.1. The molecular formula is C12H15N3O2. The van der Waals surface area contributed by atoms with Crippen molar-refractivity contribution in [2.75, 3.05) is 13.1 Å². The predicted octanol–water partition coefficient (Wildman–Crippen LogP) is 0.987. The smallest absolute Gasteiger partial charge is 0.323 e. The van der Waals surface area contributed by atoms with Crippen LogP contribution in [0, 0.1) is 0 Å². The second-order valence-corrected chi connectivity index (χ2v) is 4.37. The highest BCUT2D eigenvalue weighted by atomic mass is 16.5. The lowest BCUT2D eigenvalue weighted by atomic mass is 10.1. The molecule has 0 spiro atoms. The largest absolute Gasteiger partial charge is 0.489 e. The number of aromatic nitrogens is 2. The van der Waals surface area contributed by atoms with Crippen molar-refractivity contribution in [2.45, 2.75) is 18.9 Å². The van der Waals surface area contributed by atoms with Crippen molar-refractivity contribution in [3.8, 4) is 5.75 Å². The summed E-state index contributed by atoms with van der Waals surface area (Å²) in [7, 11) is 0. The number of H-pyrrole nitrogens is 2. The molecule has 1 aromatic carbocycles. The van der Waals surface area contributed by atoms with Gasteiger partial charge in [-0.05, 0) is 31.5 Å². The monoisotopic (exact) mass is 233 g/mol. The maximum atomic E-state index is 11.1. The Balaban J connectivity index is 1.82. The molecule has 1 aromatic heterocycles. The van der Waals surface area contributed by atoms with Crippen LogP contribution in [-0.2, 0) is 0 Å². The molecule has 3 N–H and O–H groups in total. The number of piperidine rings is 1. The normalized spacial score (nSPS) is 20.6. The lowest BCUT2D eigenvalue weighted by molar-refractivity contribution is 0.167. The van der Waals surface area contributed by atoms with E-state index in [0.29, 0.717) is 0 Å². The number of fused-ring (bicyclic) bond motifs is 1. The predicted molar refractivity (Wildman–Crippen MR) is 65.4 cm³/mol. The Kier molecular flexibility index (Phi) is 2.60. The number of ether oxygens (including phenoxy) is 1. The van der Waals surface area contributed by atoms with Crippen LogP contribution in [0.3, 0.4) is 0 Å². The van der Waals surface area contributed by atoms with Gasteiger partial charge in [0.2, 0.25) is 0 Å². The molecule has 0 bridgehead atoms. The molecule has 2 aromatic rings. The molecule has 1 fully saturated rings. The molecule has 2 heterocycles. The van der Waals surface area contributed by atoms with E-state index < -0.39 is 0 Å². The van der Waals surface area contributed by atoms with Crippen LogP contribution < -0.4 is 15.7 Å². The van der Waals surface area contributed by atoms with E-state index in [-0.39, 0.29) is 11.8 Å². The molecule has 5 nitrogen and oxygen atoms in total. The van der Waals surface area contributed by atoms with Crippen LogP contribution in [-0.4, -0.2) is 29.2 Å². The Morgan fingerprint density at radius 3 is 2.94 bits per heavy atom. The molecule has 1 aliphatic rings. The Morgan fingerprint density at radius 2 is 2.12 bits per heavy atom. The topological polar surface area (TPSA) is 69.9 Å². The van der Waals surface area contributed by atoms with Crippen molar-refractivity contribution in [1.29, 1.82) is 0 Å². The minimum Gasteiger partial charge on any atom is -0.489 e. The number of nitrogens with one attached hydrogen (secondary N) is 3. The van der Waals surface area contributed by atoms with Gasteiger partial charge in [-0.2, -0.15) is 0 Å². The summed E-state index contributed by atoms with van der Waals surface area (Å²) in [6, 6.07) is 5.61. The molecular weight excluding hydrogens is 218 g/mol. The summed E-state index contributed by atoms with van der Waals surface area (Å²) in [4.78, 5) is 16.6. The maximum Gasteiger partial charge on any atom is 0.323 e. The molecule has 3 rings (SSSR count). The van der Waals surface area contributed by atoms with Gasteiger partial charge >= 0.3 is 5.69 Å². The number of aromatic amines is 2. The van der Waals surface area contributed by atoms with Gasteiger partial charge in [0.05, 0.1) is 11.0 Å². The first-order chi connectivity index (χ1) is 8.31. The van der Waals surface area contributed by atoms with Crippen molar-refractivity contribution in [3.63, 3.8) is 0 Å². The van der Waals surface area contributed by atoms with Crippen molar-refractivity contribution in [3.05, 3.63) is 28.7 Å². The van der Waals surface area contributed by atoms with Crippen LogP contribution in [0.4, 0.5) is 0 Å². The third-order valence-corrected chi connectivity index (χ3v) is 3.04. The van der Waals surface area contributed by atoms with E-state index in [1.165, 1.54) is 0 Å². The molecule has 90 valence electrons. The van der Waals surface area contributed by atoms with E-state index in [1.807, 2.05) is 18.2 Å². The van der Waals surface area contributed by atoms with Gasteiger partial charge in [0.25, 0.3) is 0 Å². The number of rotatable bonds is 2. The van der Waals surface area contributed by atoms with Gasteiger partial charge in [-0.3, -0.25) is 0 Å². The van der Waals surface area contributed by atoms with Crippen LogP contribution in [0.1, 0.15) is 12.8 Å². The zero-order chi connectivity index (χ0) is 11.7. The zero-order valence-corrected chi connectivity index (χ0v) is 9.45. The minimum atomic E-state index is -0.184. The third-order valence-electron chi connectivity index (χ3n) is 3.04. The number of hydrogen-bond donors (Lipinski definition) is 3. The summed E-state index contributed by atoms with van der Waals surface area (Å²) in [5.41, 5.74) is 1.41. The molecule has 1 unspecified atom stereocenters. The van der Waals surface area contributed by atoms with E-state index in [4.69, 9.17) is 4.74 Å². The summed E-state index contributed by atoms with van der Waals surface area (Å²) in [5.74, 6) is 0.807. The number of benzene rings is 1. The van der Waals surface area contributed by atoms with E-state index in [2.05, 4.69) is 15.3 Å². The summed E-state index contributed by atoms with van der Waals surface area (Å²) >= 11 is 0. The van der Waals surface area contributed by atoms with Crippen molar-refractivity contribution in [2.24, 2.45) is 0 Å². The van der Waals surface area contributed by atoms with E-state index in [1.54, 1.807) is 0 Å². The first kappa shape index (κ1) is 10.4. The average Bonchev–Trinajstić information content (AvgIpc) is 2.70. The van der Waals surface area contributed by atoms with Crippen molar-refractivity contribution >= 4 is 11.0 Å². The fraction of sp³-hybridized carbons (Fsp3) is 0.417. The Labute approximate surface area is 98.2 Å². The van der Waals surface area contributed by atoms with Gasteiger partial charge in [0, 0.05) is 12.6 Å². The average molecular weight is 233 g/mol. The van der Waals surface area contributed by atoms with Gasteiger partial charge in [0.1, 0.15) is 11.9 Å². The molecule has 1 atom stereocenters. The Bertz CT molecular complexity index is 566. The molecule has 1 saturated heterocycles. The van der Waals surface area contributed by atoms with Gasteiger partial charge in [0.15, 0.2) is 0 Å². The first-order valence-corrected chi connectivity index (χ1v) is 5.91. The van der Waals surface area contributed by atoms with E-state index in [0.717, 1.165) is 42.7 Å². The van der Waals surface area contributed by atoms with Gasteiger partial charge in [-0.25, -0.2) is 4.79 Å². The lowest BCUT2D eigenvalue weighted by Gasteiger charge is -2.23. The second-order valence-electron chi connectivity index (χ2n) is 4.37. The van der Waals surface area contributed by atoms with E-state index >= 15 is 0 Å². The number of imidazole rings is 1. The second kappa shape index (κ2) is 4.25. The molecule has 0 aliphatic carbocycles. The van der Waals surface area contributed by atoms with Gasteiger partial charge < -0.3 is 20.0 Å². The van der Waals surface area contributed by atoms with Crippen LogP contribution >= 0.6 is 0 Å². The summed E-state index contributed by atoms with van der Waals surface area (Å²) < 4.78 is 5.87. The molecule has 5 heteroatoms. The minimum absolute atomic E-state index is 0.184. The highest BCUT2D eigenvalue weighted by molar-refractivity contribution is 5.75. The number of hydrogen-bond acceptors (Lipinski definition) is 3. The van der Waals surface area contributed by atoms with E-state index in [9.17, 15) is 4.79 Å². The van der Waals surface area contributed by atoms with Crippen LogP contribution in [0.5, 0.6) is 5.75 Å². The van der Waals surface area contributed by atoms with Crippen LogP contribution in [0.2, 0.25) is 0 Å². The summed E-state index contributed by atoms with van der Waals surface area (Å²) in [6.45, 7) is 1.96. The fourth-order valence-electron chi connectivity index (χ4n) is 2.20. The van der Waals surface area contributed by atoms with Crippen LogP contribution in [0.15, 0.2) is 23.0 Å². The van der Waals surface area contributed by atoms with Gasteiger partial charge in [-0.1, -0.05) is 0 Å². The highest BCUT2D eigenvalue weighted by Crippen LogP contribution is 2.19. The highest BCUT2D eigenvalue weighted by Gasteiger charge is 2.14. The van der Waals surface area contributed by atoms with Crippen molar-refractivity contribution in [1.82, 2.24) is 15.3 Å². The molecule has 0 amide bonds. The Hall–Kier alpha value is -1.75. The summed E-state index contributed by atoms with van der Waals surface area (Å²) in [5, 5.41) is 3.31. The molecule has 1 aliphatic heterocycles. The van der Waals surface area contributed by atoms with Gasteiger partial charge in [-0.15, -0.1) is 0 Å². The molecule has 17 heavy (non-hydrogen) atoms. The molecule has 0 saturated carbocycles. The first-order valence-electron chi connectivity index (χ1n) is 5.91. The Morgan fingerprint density at radius 1 is 1.24 bits per heavy atom. The van der Waals surface area contributed by atoms with Crippen LogP contribution in [0.25, 0.3) is 11.0 Å². The van der Waals surface area contributed by atoms with Crippen molar-refractivity contribution < 1.29 is 4.74 Å².